The summed E-state index contributed by atoms with van der Waals surface area (Å²) in [4.78, 5) is 22.4. The van der Waals surface area contributed by atoms with Crippen molar-refractivity contribution in [1.82, 2.24) is 0 Å². The molecule has 0 N–H and O–H groups in total. The van der Waals surface area contributed by atoms with Gasteiger partial charge < -0.3 is 4.74 Å². The third kappa shape index (κ3) is 3.05. The number of hydrogen-bond donors (Lipinski definition) is 0. The molecule has 0 saturated heterocycles. The number of hydrogen-bond acceptors (Lipinski definition) is 3. The van der Waals surface area contributed by atoms with Gasteiger partial charge in [-0.15, -0.1) is 0 Å². The largest absolute Gasteiger partial charge is 0.423 e. The predicted molar refractivity (Wildman–Crippen MR) is 70.9 cm³/mol. The molecule has 0 aliphatic heterocycles. The summed E-state index contributed by atoms with van der Waals surface area (Å²) >= 11 is 3.29. The van der Waals surface area contributed by atoms with Crippen molar-refractivity contribution in [2.75, 3.05) is 0 Å². The Hall–Kier alpha value is -1.94. The van der Waals surface area contributed by atoms with Crippen molar-refractivity contribution >= 4 is 28.2 Å². The van der Waals surface area contributed by atoms with Crippen molar-refractivity contribution in [1.29, 1.82) is 0 Å². The summed E-state index contributed by atoms with van der Waals surface area (Å²) in [6.45, 7) is 0. The van der Waals surface area contributed by atoms with Gasteiger partial charge in [-0.2, -0.15) is 0 Å². The molecule has 0 spiro atoms. The summed E-state index contributed by atoms with van der Waals surface area (Å²) in [6.07, 6.45) is 0.705. The zero-order chi connectivity index (χ0) is 13.0. The minimum absolute atomic E-state index is 0.354. The Morgan fingerprint density at radius 3 is 2.50 bits per heavy atom. The van der Waals surface area contributed by atoms with Crippen LogP contribution in [0.5, 0.6) is 5.75 Å². The van der Waals surface area contributed by atoms with E-state index in [4.69, 9.17) is 4.74 Å². The van der Waals surface area contributed by atoms with Crippen LogP contribution >= 0.6 is 15.9 Å². The lowest BCUT2D eigenvalue weighted by atomic mass is 10.2. The van der Waals surface area contributed by atoms with Gasteiger partial charge >= 0.3 is 5.97 Å². The Kier molecular flexibility index (Phi) is 3.89. The molecule has 4 heteroatoms. The number of halogens is 1. The molecular weight excluding hydrogens is 296 g/mol. The van der Waals surface area contributed by atoms with E-state index in [1.54, 1.807) is 42.5 Å². The van der Waals surface area contributed by atoms with E-state index in [0.717, 1.165) is 4.47 Å². The average Bonchev–Trinajstić information content (AvgIpc) is 2.39. The van der Waals surface area contributed by atoms with Crippen molar-refractivity contribution in [2.24, 2.45) is 0 Å². The lowest BCUT2D eigenvalue weighted by Crippen LogP contribution is -2.08. The van der Waals surface area contributed by atoms with Gasteiger partial charge in [-0.1, -0.05) is 28.1 Å². The molecule has 0 aliphatic carbocycles. The molecule has 2 rings (SSSR count). The van der Waals surface area contributed by atoms with Gasteiger partial charge in [0.1, 0.15) is 12.0 Å². The zero-order valence-electron chi connectivity index (χ0n) is 9.30. The van der Waals surface area contributed by atoms with Crippen LogP contribution in [0.25, 0.3) is 0 Å². The number of rotatable bonds is 3. The molecule has 2 aromatic carbocycles. The highest BCUT2D eigenvalue weighted by molar-refractivity contribution is 9.10. The van der Waals surface area contributed by atoms with Gasteiger partial charge in [0.15, 0.2) is 0 Å². The third-order valence-electron chi connectivity index (χ3n) is 2.28. The molecule has 0 unspecified atom stereocenters. The second-order valence-corrected chi connectivity index (χ2v) is 4.50. The quantitative estimate of drug-likeness (QED) is 0.495. The second-order valence-electron chi connectivity index (χ2n) is 3.59. The summed E-state index contributed by atoms with van der Waals surface area (Å²) in [7, 11) is 0. The molecule has 0 aromatic heterocycles. The van der Waals surface area contributed by atoms with E-state index in [1.807, 2.05) is 0 Å². The van der Waals surface area contributed by atoms with Gasteiger partial charge in [-0.3, -0.25) is 4.79 Å². The topological polar surface area (TPSA) is 43.4 Å². The second kappa shape index (κ2) is 5.60. The fourth-order valence-electron chi connectivity index (χ4n) is 1.40. The van der Waals surface area contributed by atoms with Crippen LogP contribution in [-0.4, -0.2) is 12.3 Å². The van der Waals surface area contributed by atoms with Crippen molar-refractivity contribution in [3.05, 3.63) is 64.1 Å². The number of benzene rings is 2. The van der Waals surface area contributed by atoms with Gasteiger partial charge in [0.25, 0.3) is 0 Å². The van der Waals surface area contributed by atoms with E-state index in [-0.39, 0.29) is 0 Å². The molecule has 0 saturated carbocycles. The SMILES string of the molecule is O=Cc1cccc(OC(=O)c2ccc(Br)cc2)c1. The van der Waals surface area contributed by atoms with E-state index < -0.39 is 5.97 Å². The zero-order valence-corrected chi connectivity index (χ0v) is 10.9. The number of carbonyl (C=O) groups is 2. The van der Waals surface area contributed by atoms with Crippen molar-refractivity contribution in [2.45, 2.75) is 0 Å². The lowest BCUT2D eigenvalue weighted by molar-refractivity contribution is 0.0734. The number of carbonyl (C=O) groups excluding carboxylic acids is 2. The van der Waals surface area contributed by atoms with Gasteiger partial charge in [0.05, 0.1) is 5.56 Å². The molecule has 90 valence electrons. The molecule has 18 heavy (non-hydrogen) atoms. The monoisotopic (exact) mass is 304 g/mol. The predicted octanol–water partition coefficient (Wildman–Crippen LogP) is 3.48. The first-order valence-electron chi connectivity index (χ1n) is 5.22. The highest BCUT2D eigenvalue weighted by Crippen LogP contribution is 2.16. The van der Waals surface area contributed by atoms with E-state index in [0.29, 0.717) is 23.2 Å². The summed E-state index contributed by atoms with van der Waals surface area (Å²) in [5, 5.41) is 0. The molecule has 0 aliphatic rings. The van der Waals surface area contributed by atoms with Crippen LogP contribution in [0.3, 0.4) is 0 Å². The minimum Gasteiger partial charge on any atom is -0.423 e. The van der Waals surface area contributed by atoms with E-state index in [1.165, 1.54) is 6.07 Å². The molecule has 0 radical (unpaired) electrons. The summed E-state index contributed by atoms with van der Waals surface area (Å²) in [5.74, 6) is -0.0990. The van der Waals surface area contributed by atoms with Crippen LogP contribution in [-0.2, 0) is 0 Å². The Morgan fingerprint density at radius 2 is 1.83 bits per heavy atom. The fourth-order valence-corrected chi connectivity index (χ4v) is 1.67. The van der Waals surface area contributed by atoms with Crippen LogP contribution in [0, 0.1) is 0 Å². The van der Waals surface area contributed by atoms with Crippen molar-refractivity contribution in [3.63, 3.8) is 0 Å². The van der Waals surface area contributed by atoms with Crippen LogP contribution in [0.1, 0.15) is 20.7 Å². The molecule has 3 nitrogen and oxygen atoms in total. The van der Waals surface area contributed by atoms with Gasteiger partial charge in [0.2, 0.25) is 0 Å². The Morgan fingerprint density at radius 1 is 1.11 bits per heavy atom. The smallest absolute Gasteiger partial charge is 0.343 e. The maximum atomic E-state index is 11.8. The number of aldehydes is 1. The van der Waals surface area contributed by atoms with Crippen LogP contribution in [0.4, 0.5) is 0 Å². The molecule has 2 aromatic rings. The first-order valence-corrected chi connectivity index (χ1v) is 6.01. The van der Waals surface area contributed by atoms with Crippen LogP contribution in [0.15, 0.2) is 53.0 Å². The highest BCUT2D eigenvalue weighted by Gasteiger charge is 2.08. The maximum absolute atomic E-state index is 11.8. The lowest BCUT2D eigenvalue weighted by Gasteiger charge is -2.04. The normalized spacial score (nSPS) is 9.83. The first kappa shape index (κ1) is 12.5. The Labute approximate surface area is 113 Å². The number of esters is 1. The Balaban J connectivity index is 2.15. The summed E-state index contributed by atoms with van der Waals surface area (Å²) < 4.78 is 6.06. The molecule has 0 amide bonds. The molecule has 0 atom stereocenters. The van der Waals surface area contributed by atoms with E-state index >= 15 is 0 Å². The minimum atomic E-state index is -0.453. The van der Waals surface area contributed by atoms with E-state index in [9.17, 15) is 9.59 Å². The van der Waals surface area contributed by atoms with E-state index in [2.05, 4.69) is 15.9 Å². The van der Waals surface area contributed by atoms with Crippen molar-refractivity contribution in [3.8, 4) is 5.75 Å². The number of ether oxygens (including phenoxy) is 1. The molecule has 0 bridgehead atoms. The van der Waals surface area contributed by atoms with Crippen LogP contribution < -0.4 is 4.74 Å². The summed E-state index contributed by atoms with van der Waals surface area (Å²) in [5.41, 5.74) is 0.922. The highest BCUT2D eigenvalue weighted by atomic mass is 79.9. The molecule has 0 heterocycles. The van der Waals surface area contributed by atoms with Gasteiger partial charge in [-0.25, -0.2) is 4.79 Å². The third-order valence-corrected chi connectivity index (χ3v) is 2.81. The average molecular weight is 305 g/mol. The van der Waals surface area contributed by atoms with Gasteiger partial charge in [0, 0.05) is 10.0 Å². The first-order chi connectivity index (χ1) is 8.69. The Bertz CT molecular complexity index is 576. The maximum Gasteiger partial charge on any atom is 0.343 e. The fraction of sp³-hybridized carbons (Fsp3) is 0. The molecular formula is C14H9BrO3. The standard InChI is InChI=1S/C14H9BrO3/c15-12-6-4-11(5-7-12)14(17)18-13-3-1-2-10(8-13)9-16/h1-9H. The van der Waals surface area contributed by atoms with Gasteiger partial charge in [-0.05, 0) is 36.4 Å². The summed E-state index contributed by atoms with van der Waals surface area (Å²) in [6, 6.07) is 13.3. The van der Waals surface area contributed by atoms with Crippen molar-refractivity contribution < 1.29 is 14.3 Å². The van der Waals surface area contributed by atoms with Crippen LogP contribution in [0.2, 0.25) is 0 Å². The molecule has 0 fully saturated rings.